The van der Waals surface area contributed by atoms with Crippen LogP contribution in [0.4, 0.5) is 5.69 Å². The van der Waals surface area contributed by atoms with Crippen molar-refractivity contribution < 1.29 is 17.9 Å². The van der Waals surface area contributed by atoms with Crippen LogP contribution in [-0.2, 0) is 14.8 Å². The van der Waals surface area contributed by atoms with Gasteiger partial charge < -0.3 is 10.1 Å². The van der Waals surface area contributed by atoms with Gasteiger partial charge in [0.05, 0.1) is 4.90 Å². The summed E-state index contributed by atoms with van der Waals surface area (Å²) in [5, 5.41) is 2.71. The maximum atomic E-state index is 12.8. The molecule has 2 aromatic rings. The fraction of sp³-hybridized carbons (Fsp3) is 0.381. The molecule has 1 N–H and O–H groups in total. The number of carbonyl (C=O) groups excluding carboxylic acids is 1. The molecule has 0 aliphatic carbocycles. The number of nitrogens with zero attached hydrogens (tertiary/aromatic N) is 1. The first-order valence-corrected chi connectivity index (χ1v) is 10.7. The van der Waals surface area contributed by atoms with Gasteiger partial charge >= 0.3 is 0 Å². The quantitative estimate of drug-likeness (QED) is 0.728. The van der Waals surface area contributed by atoms with E-state index in [9.17, 15) is 13.2 Å². The van der Waals surface area contributed by atoms with Crippen LogP contribution in [0.15, 0.2) is 41.3 Å². The van der Waals surface area contributed by atoms with Gasteiger partial charge in [-0.2, -0.15) is 4.31 Å². The minimum Gasteiger partial charge on any atom is -0.484 e. The second-order valence-electron chi connectivity index (χ2n) is 6.65. The van der Waals surface area contributed by atoms with Gasteiger partial charge in [-0.25, -0.2) is 8.42 Å². The highest BCUT2D eigenvalue weighted by Gasteiger charge is 2.24. The minimum absolute atomic E-state index is 0.158. The normalized spacial score (nSPS) is 11.5. The van der Waals surface area contributed by atoms with E-state index in [1.54, 1.807) is 32.9 Å². The van der Waals surface area contributed by atoms with Gasteiger partial charge in [0.25, 0.3) is 5.91 Å². The van der Waals surface area contributed by atoms with E-state index in [1.807, 2.05) is 32.0 Å². The molecule has 0 atom stereocenters. The summed E-state index contributed by atoms with van der Waals surface area (Å²) in [5.74, 6) is 0.264. The Hall–Kier alpha value is -2.38. The third-order valence-electron chi connectivity index (χ3n) is 4.64. The summed E-state index contributed by atoms with van der Waals surface area (Å²) >= 11 is 0. The molecule has 2 rings (SSSR count). The summed E-state index contributed by atoms with van der Waals surface area (Å²) in [6, 6.07) is 10.5. The number of rotatable bonds is 8. The fourth-order valence-corrected chi connectivity index (χ4v) is 4.52. The number of benzene rings is 2. The van der Waals surface area contributed by atoms with Gasteiger partial charge in [0.15, 0.2) is 6.61 Å². The number of hydrogen-bond acceptors (Lipinski definition) is 4. The van der Waals surface area contributed by atoms with Crippen molar-refractivity contribution in [3.8, 4) is 5.75 Å². The van der Waals surface area contributed by atoms with Gasteiger partial charge in [0.1, 0.15) is 5.75 Å². The second-order valence-corrected chi connectivity index (χ2v) is 8.56. The lowest BCUT2D eigenvalue weighted by Gasteiger charge is -2.20. The number of sulfonamides is 1. The number of anilines is 1. The van der Waals surface area contributed by atoms with Crippen molar-refractivity contribution in [3.05, 3.63) is 53.1 Å². The van der Waals surface area contributed by atoms with Crippen LogP contribution in [0.2, 0.25) is 0 Å². The van der Waals surface area contributed by atoms with Gasteiger partial charge in [-0.15, -0.1) is 0 Å². The molecule has 7 heteroatoms. The van der Waals surface area contributed by atoms with Crippen molar-refractivity contribution in [2.24, 2.45) is 0 Å². The molecule has 0 aromatic heterocycles. The van der Waals surface area contributed by atoms with Crippen LogP contribution in [-0.4, -0.2) is 38.3 Å². The molecular weight excluding hydrogens is 376 g/mol. The Bertz CT molecular complexity index is 951. The second kappa shape index (κ2) is 9.21. The molecular formula is C21H28N2O4S. The number of ether oxygens (including phenoxy) is 1. The monoisotopic (exact) mass is 404 g/mol. The topological polar surface area (TPSA) is 75.7 Å². The number of aryl methyl sites for hydroxylation is 3. The molecule has 0 heterocycles. The molecule has 0 aliphatic heterocycles. The highest BCUT2D eigenvalue weighted by atomic mass is 32.2. The standard InChI is InChI=1S/C21H28N2O4S/c1-6-23(7-2)28(25,26)20-13-18(10-8-16(20)4)22-21(24)14-27-19-11-9-15(3)17(5)12-19/h8-13H,6-7,14H2,1-5H3,(H,22,24). The molecule has 0 radical (unpaired) electrons. The molecule has 0 bridgehead atoms. The van der Waals surface area contributed by atoms with Crippen molar-refractivity contribution in [2.45, 2.75) is 39.5 Å². The third kappa shape index (κ3) is 5.11. The van der Waals surface area contributed by atoms with E-state index in [2.05, 4.69) is 5.32 Å². The van der Waals surface area contributed by atoms with Gasteiger partial charge in [0, 0.05) is 18.8 Å². The largest absolute Gasteiger partial charge is 0.484 e. The summed E-state index contributed by atoms with van der Waals surface area (Å²) in [5.41, 5.74) is 3.29. The fourth-order valence-electron chi connectivity index (χ4n) is 2.81. The Morgan fingerprint density at radius 2 is 1.61 bits per heavy atom. The van der Waals surface area contributed by atoms with E-state index in [0.29, 0.717) is 30.1 Å². The van der Waals surface area contributed by atoms with Crippen molar-refractivity contribution in [2.75, 3.05) is 25.0 Å². The predicted molar refractivity (Wildman–Crippen MR) is 111 cm³/mol. The Kier molecular flexibility index (Phi) is 7.21. The van der Waals surface area contributed by atoms with Crippen LogP contribution in [0, 0.1) is 20.8 Å². The minimum atomic E-state index is -3.60. The Morgan fingerprint density at radius 3 is 2.21 bits per heavy atom. The molecule has 0 aliphatic rings. The summed E-state index contributed by atoms with van der Waals surface area (Å²) in [6.07, 6.45) is 0. The number of hydrogen-bond donors (Lipinski definition) is 1. The van der Waals surface area contributed by atoms with Gasteiger partial charge in [0.2, 0.25) is 10.0 Å². The molecule has 2 aromatic carbocycles. The predicted octanol–water partition coefficient (Wildman–Crippen LogP) is 3.66. The van der Waals surface area contributed by atoms with E-state index in [1.165, 1.54) is 10.4 Å². The zero-order valence-electron chi connectivity index (χ0n) is 17.1. The SMILES string of the molecule is CCN(CC)S(=O)(=O)c1cc(NC(=O)COc2ccc(C)c(C)c2)ccc1C. The lowest BCUT2D eigenvalue weighted by Crippen LogP contribution is -2.31. The van der Waals surface area contributed by atoms with Crippen LogP contribution in [0.1, 0.15) is 30.5 Å². The van der Waals surface area contributed by atoms with Crippen LogP contribution >= 0.6 is 0 Å². The van der Waals surface area contributed by atoms with E-state index >= 15 is 0 Å². The van der Waals surface area contributed by atoms with Crippen LogP contribution < -0.4 is 10.1 Å². The molecule has 6 nitrogen and oxygen atoms in total. The third-order valence-corrected chi connectivity index (χ3v) is 6.84. The molecule has 152 valence electrons. The molecule has 0 unspecified atom stereocenters. The van der Waals surface area contributed by atoms with E-state index in [4.69, 9.17) is 4.74 Å². The Morgan fingerprint density at radius 1 is 0.964 bits per heavy atom. The molecule has 1 amide bonds. The van der Waals surface area contributed by atoms with Gasteiger partial charge in [-0.1, -0.05) is 26.0 Å². The molecule has 0 saturated carbocycles. The van der Waals surface area contributed by atoms with E-state index in [-0.39, 0.29) is 17.4 Å². The average Bonchev–Trinajstić information content (AvgIpc) is 2.65. The van der Waals surface area contributed by atoms with E-state index in [0.717, 1.165) is 11.1 Å². The first-order chi connectivity index (χ1) is 13.2. The highest BCUT2D eigenvalue weighted by molar-refractivity contribution is 7.89. The molecule has 28 heavy (non-hydrogen) atoms. The first kappa shape index (κ1) is 21.9. The van der Waals surface area contributed by atoms with Crippen LogP contribution in [0.3, 0.4) is 0 Å². The van der Waals surface area contributed by atoms with Crippen LogP contribution in [0.25, 0.3) is 0 Å². The van der Waals surface area contributed by atoms with Gasteiger partial charge in [-0.3, -0.25) is 4.79 Å². The van der Waals surface area contributed by atoms with Crippen molar-refractivity contribution in [1.82, 2.24) is 4.31 Å². The molecule has 0 saturated heterocycles. The van der Waals surface area contributed by atoms with Crippen molar-refractivity contribution in [1.29, 1.82) is 0 Å². The maximum absolute atomic E-state index is 12.8. The Labute approximate surface area is 167 Å². The number of amides is 1. The number of nitrogens with one attached hydrogen (secondary N) is 1. The smallest absolute Gasteiger partial charge is 0.262 e. The number of carbonyl (C=O) groups is 1. The lowest BCUT2D eigenvalue weighted by molar-refractivity contribution is -0.118. The molecule has 0 spiro atoms. The lowest BCUT2D eigenvalue weighted by atomic mass is 10.1. The zero-order valence-corrected chi connectivity index (χ0v) is 17.9. The first-order valence-electron chi connectivity index (χ1n) is 9.29. The van der Waals surface area contributed by atoms with Crippen molar-refractivity contribution >= 4 is 21.6 Å². The summed E-state index contributed by atoms with van der Waals surface area (Å²) < 4.78 is 32.5. The van der Waals surface area contributed by atoms with Crippen molar-refractivity contribution in [3.63, 3.8) is 0 Å². The molecule has 0 fully saturated rings. The van der Waals surface area contributed by atoms with Gasteiger partial charge in [-0.05, 0) is 61.7 Å². The zero-order chi connectivity index (χ0) is 20.9. The maximum Gasteiger partial charge on any atom is 0.262 e. The summed E-state index contributed by atoms with van der Waals surface area (Å²) in [7, 11) is -3.60. The summed E-state index contributed by atoms with van der Waals surface area (Å²) in [4.78, 5) is 12.4. The summed E-state index contributed by atoms with van der Waals surface area (Å²) in [6.45, 7) is 9.94. The Balaban J connectivity index is 2.11. The highest BCUT2D eigenvalue weighted by Crippen LogP contribution is 2.24. The average molecular weight is 405 g/mol. The van der Waals surface area contributed by atoms with Crippen LogP contribution in [0.5, 0.6) is 5.75 Å². The van der Waals surface area contributed by atoms with E-state index < -0.39 is 10.0 Å².